The number of allylic oxidation sites excluding steroid dienone is 1. The van der Waals surface area contributed by atoms with Gasteiger partial charge in [0.2, 0.25) is 0 Å². The molecule has 0 atom stereocenters. The lowest BCUT2D eigenvalue weighted by Gasteiger charge is -2.18. The van der Waals surface area contributed by atoms with E-state index in [-0.39, 0.29) is 10.8 Å². The molecular weight excluding hydrogens is 539 g/mol. The molecular formula is C22H21Cl3N4O3S2. The van der Waals surface area contributed by atoms with Crippen LogP contribution in [0.4, 0.5) is 4.79 Å². The maximum absolute atomic E-state index is 12.4. The van der Waals surface area contributed by atoms with Crippen molar-refractivity contribution in [1.82, 2.24) is 19.8 Å². The molecule has 2 amide bonds. The SMILES string of the molecule is Cc1cc(S(=O)(=O)NC(=O)NC/C=C2\CCCc3cnn(Cc4ccc(Cl)cc4Cl)c32)sc1Cl. The van der Waals surface area contributed by atoms with Gasteiger partial charge in [0, 0.05) is 16.6 Å². The summed E-state index contributed by atoms with van der Waals surface area (Å²) in [5.41, 5.74) is 4.69. The van der Waals surface area contributed by atoms with Gasteiger partial charge in [0.1, 0.15) is 4.21 Å². The Kier molecular flexibility index (Phi) is 7.59. The first kappa shape index (κ1) is 25.1. The fourth-order valence-corrected chi connectivity index (χ4v) is 6.84. The van der Waals surface area contributed by atoms with Gasteiger partial charge in [0.25, 0.3) is 10.0 Å². The molecule has 2 aromatic heterocycles. The van der Waals surface area contributed by atoms with E-state index in [1.54, 1.807) is 19.1 Å². The van der Waals surface area contributed by atoms with Crippen LogP contribution in [-0.2, 0) is 23.0 Å². The van der Waals surface area contributed by atoms with E-state index in [0.717, 1.165) is 53.0 Å². The minimum atomic E-state index is -3.99. The van der Waals surface area contributed by atoms with Gasteiger partial charge in [0.05, 0.1) is 22.8 Å². The molecule has 0 unspecified atom stereocenters. The third kappa shape index (κ3) is 5.60. The van der Waals surface area contributed by atoms with Crippen LogP contribution in [0.3, 0.4) is 0 Å². The normalized spacial score (nSPS) is 14.8. The molecule has 0 saturated carbocycles. The number of thiophene rings is 1. The van der Waals surface area contributed by atoms with Crippen molar-refractivity contribution >= 4 is 67.8 Å². The van der Waals surface area contributed by atoms with Crippen LogP contribution in [-0.4, -0.2) is 30.8 Å². The van der Waals surface area contributed by atoms with Crippen molar-refractivity contribution < 1.29 is 13.2 Å². The third-order valence-electron chi connectivity index (χ3n) is 5.38. The number of hydrogen-bond acceptors (Lipinski definition) is 5. The molecule has 0 aliphatic heterocycles. The van der Waals surface area contributed by atoms with Gasteiger partial charge in [-0.2, -0.15) is 5.10 Å². The van der Waals surface area contributed by atoms with Crippen LogP contribution in [0.1, 0.15) is 35.2 Å². The standard InChI is InChI=1S/C22H21Cl3N4O3S2/c1-13-9-19(33-21(13)25)34(31,32)28-22(30)26-8-7-14-3-2-4-15-11-27-29(20(14)15)12-16-5-6-17(23)10-18(16)24/h5-7,9-11H,2-4,8,12H2,1H3,(H2,26,28,30)/b14-7+. The summed E-state index contributed by atoms with van der Waals surface area (Å²) < 4.78 is 29.1. The van der Waals surface area contributed by atoms with Crippen LogP contribution < -0.4 is 10.0 Å². The summed E-state index contributed by atoms with van der Waals surface area (Å²) in [5, 5.41) is 8.26. The molecule has 2 heterocycles. The van der Waals surface area contributed by atoms with E-state index >= 15 is 0 Å². The molecule has 1 aliphatic carbocycles. The minimum Gasteiger partial charge on any atom is -0.334 e. The van der Waals surface area contributed by atoms with Gasteiger partial charge in [-0.25, -0.2) is 17.9 Å². The zero-order valence-corrected chi connectivity index (χ0v) is 22.0. The van der Waals surface area contributed by atoms with Gasteiger partial charge in [-0.05, 0) is 66.6 Å². The molecule has 1 aromatic carbocycles. The summed E-state index contributed by atoms with van der Waals surface area (Å²) in [5.74, 6) is 0. The Morgan fingerprint density at radius 1 is 1.24 bits per heavy atom. The third-order valence-corrected chi connectivity index (χ3v) is 9.33. The topological polar surface area (TPSA) is 93.1 Å². The number of carbonyl (C=O) groups excluding carboxylic acids is 1. The summed E-state index contributed by atoms with van der Waals surface area (Å²) in [6.07, 6.45) is 6.44. The molecule has 0 spiro atoms. The number of urea groups is 1. The van der Waals surface area contributed by atoms with Crippen molar-refractivity contribution in [2.45, 2.75) is 36.9 Å². The summed E-state index contributed by atoms with van der Waals surface area (Å²) >= 11 is 19.2. The molecule has 180 valence electrons. The van der Waals surface area contributed by atoms with Crippen molar-refractivity contribution in [2.75, 3.05) is 6.54 Å². The Labute approximate surface area is 216 Å². The number of benzene rings is 1. The van der Waals surface area contributed by atoms with Gasteiger partial charge in [-0.15, -0.1) is 11.3 Å². The molecule has 7 nitrogen and oxygen atoms in total. The number of nitrogens with zero attached hydrogens (tertiary/aromatic N) is 2. The van der Waals surface area contributed by atoms with Crippen LogP contribution in [0, 0.1) is 6.92 Å². The molecule has 1 aliphatic rings. The van der Waals surface area contributed by atoms with Crippen LogP contribution in [0.5, 0.6) is 0 Å². The zero-order valence-electron chi connectivity index (χ0n) is 18.1. The zero-order chi connectivity index (χ0) is 24.5. The van der Waals surface area contributed by atoms with E-state index in [0.29, 0.717) is 26.5 Å². The van der Waals surface area contributed by atoms with E-state index in [1.807, 2.05) is 27.7 Å². The van der Waals surface area contributed by atoms with Crippen molar-refractivity contribution in [3.63, 3.8) is 0 Å². The summed E-state index contributed by atoms with van der Waals surface area (Å²) in [7, 11) is -3.99. The minimum absolute atomic E-state index is 0.00908. The summed E-state index contributed by atoms with van der Waals surface area (Å²) in [6.45, 7) is 2.35. The lowest BCUT2D eigenvalue weighted by Crippen LogP contribution is -2.39. The second-order valence-electron chi connectivity index (χ2n) is 7.83. The number of rotatable bonds is 6. The molecule has 4 rings (SSSR count). The highest BCUT2D eigenvalue weighted by Gasteiger charge is 2.22. The number of carbonyl (C=O) groups is 1. The van der Waals surface area contributed by atoms with E-state index in [4.69, 9.17) is 34.8 Å². The average molecular weight is 560 g/mol. The van der Waals surface area contributed by atoms with Crippen molar-refractivity contribution in [3.05, 3.63) is 73.3 Å². The Hall–Kier alpha value is -2.04. The van der Waals surface area contributed by atoms with E-state index in [2.05, 4.69) is 10.4 Å². The largest absolute Gasteiger partial charge is 0.334 e. The summed E-state index contributed by atoms with van der Waals surface area (Å²) in [6, 6.07) is 5.99. The predicted molar refractivity (Wildman–Crippen MR) is 136 cm³/mol. The number of sulfonamides is 1. The highest BCUT2D eigenvalue weighted by molar-refractivity contribution is 7.92. The first-order chi connectivity index (χ1) is 16.1. The van der Waals surface area contributed by atoms with Crippen molar-refractivity contribution in [1.29, 1.82) is 0 Å². The number of nitrogens with one attached hydrogen (secondary N) is 2. The van der Waals surface area contributed by atoms with Gasteiger partial charge in [0.15, 0.2) is 0 Å². The van der Waals surface area contributed by atoms with Crippen LogP contribution >= 0.6 is 46.1 Å². The highest BCUT2D eigenvalue weighted by Crippen LogP contribution is 2.32. The maximum Gasteiger partial charge on any atom is 0.328 e. The second-order valence-corrected chi connectivity index (χ2v) is 12.2. The van der Waals surface area contributed by atoms with Crippen molar-refractivity contribution in [3.8, 4) is 0 Å². The fraction of sp³-hybridized carbons (Fsp3) is 0.273. The van der Waals surface area contributed by atoms with E-state index < -0.39 is 16.1 Å². The van der Waals surface area contributed by atoms with Gasteiger partial charge < -0.3 is 5.32 Å². The lowest BCUT2D eigenvalue weighted by atomic mass is 9.92. The monoisotopic (exact) mass is 558 g/mol. The number of amides is 2. The number of aryl methyl sites for hydroxylation is 2. The lowest BCUT2D eigenvalue weighted by molar-refractivity contribution is 0.247. The Morgan fingerprint density at radius 3 is 2.74 bits per heavy atom. The molecule has 2 N–H and O–H groups in total. The first-order valence-corrected chi connectivity index (χ1v) is 13.8. The molecule has 0 bridgehead atoms. The molecule has 0 saturated heterocycles. The Bertz CT molecular complexity index is 1360. The fourth-order valence-electron chi connectivity index (χ4n) is 3.74. The Morgan fingerprint density at radius 2 is 2.03 bits per heavy atom. The number of fused-ring (bicyclic) bond motifs is 1. The number of halogens is 3. The van der Waals surface area contributed by atoms with Gasteiger partial charge >= 0.3 is 6.03 Å². The molecule has 3 aromatic rings. The maximum atomic E-state index is 12.4. The molecule has 0 radical (unpaired) electrons. The first-order valence-electron chi connectivity index (χ1n) is 10.4. The van der Waals surface area contributed by atoms with Crippen LogP contribution in [0.15, 0.2) is 40.7 Å². The van der Waals surface area contributed by atoms with Crippen molar-refractivity contribution in [2.24, 2.45) is 0 Å². The Balaban J connectivity index is 1.45. The molecule has 0 fully saturated rings. The van der Waals surface area contributed by atoms with Gasteiger partial charge in [-0.3, -0.25) is 4.68 Å². The molecule has 34 heavy (non-hydrogen) atoms. The predicted octanol–water partition coefficient (Wildman–Crippen LogP) is 5.67. The average Bonchev–Trinajstić information content (AvgIpc) is 3.34. The van der Waals surface area contributed by atoms with E-state index in [1.165, 1.54) is 6.07 Å². The van der Waals surface area contributed by atoms with Crippen LogP contribution in [0.2, 0.25) is 14.4 Å². The van der Waals surface area contributed by atoms with Crippen LogP contribution in [0.25, 0.3) is 5.57 Å². The second kappa shape index (κ2) is 10.3. The smallest absolute Gasteiger partial charge is 0.328 e. The molecule has 12 heteroatoms. The quantitative estimate of drug-likeness (QED) is 0.407. The highest BCUT2D eigenvalue weighted by atomic mass is 35.5. The van der Waals surface area contributed by atoms with E-state index in [9.17, 15) is 13.2 Å². The van der Waals surface area contributed by atoms with Gasteiger partial charge in [-0.1, -0.05) is 46.9 Å². The number of hydrogen-bond donors (Lipinski definition) is 2. The summed E-state index contributed by atoms with van der Waals surface area (Å²) in [4.78, 5) is 12.2. The number of aromatic nitrogens is 2.